The molecule has 1 rings (SSSR count). The number of hydrogen-bond donors (Lipinski definition) is 0. The molecule has 0 N–H and O–H groups in total. The predicted octanol–water partition coefficient (Wildman–Crippen LogP) is 2.95. The van der Waals surface area contributed by atoms with Gasteiger partial charge in [-0.2, -0.15) is 4.31 Å². The number of carbonyl (C=O) groups excluding carboxylic acids is 1. The molecule has 0 saturated heterocycles. The van der Waals surface area contributed by atoms with Crippen molar-refractivity contribution in [2.75, 3.05) is 13.1 Å². The summed E-state index contributed by atoms with van der Waals surface area (Å²) in [7, 11) is -3.41. The first-order valence-electron chi connectivity index (χ1n) is 17.7. The molecule has 0 aromatic heterocycles. The van der Waals surface area contributed by atoms with E-state index in [1.807, 2.05) is 19.1 Å². The van der Waals surface area contributed by atoms with Crippen molar-refractivity contribution in [3.05, 3.63) is 29.8 Å². The van der Waals surface area contributed by atoms with Crippen LogP contribution in [0.25, 0.3) is 0 Å². The molecular weight excluding hydrogens is 637 g/mol. The Balaban J connectivity index is -0.00000276. The number of aryl methyl sites for hydroxylation is 1. The fourth-order valence-electron chi connectivity index (χ4n) is 5.47. The van der Waals surface area contributed by atoms with Crippen LogP contribution in [0, 0.1) is 6.92 Å². The molecule has 1 aromatic rings. The molecule has 6 nitrogen and oxygen atoms in total. The van der Waals surface area contributed by atoms with Crippen molar-refractivity contribution >= 4 is 16.2 Å². The van der Waals surface area contributed by atoms with Gasteiger partial charge in [-0.1, -0.05) is 173 Å². The second kappa shape index (κ2) is 36.9. The second-order valence-corrected chi connectivity index (χ2v) is 14.2. The Bertz CT molecular complexity index is 837. The summed E-state index contributed by atoms with van der Waals surface area (Å²) in [5, 5.41) is 16.7. The molecule has 0 spiro atoms. The molecule has 0 unspecified atom stereocenters. The van der Waals surface area contributed by atoms with Crippen LogP contribution in [-0.2, 0) is 10.0 Å². The molecular formula is C36H65K2NO5S. The topological polar surface area (TPSA) is 101 Å². The van der Waals surface area contributed by atoms with E-state index in [0.717, 1.165) is 31.2 Å². The summed E-state index contributed by atoms with van der Waals surface area (Å²) in [6, 6.07) is 7.39. The summed E-state index contributed by atoms with van der Waals surface area (Å²) < 4.78 is 28.7. The summed E-state index contributed by atoms with van der Waals surface area (Å²) in [6.45, 7) is 7.87. The minimum atomic E-state index is -3.41. The van der Waals surface area contributed by atoms with Crippen LogP contribution >= 0.6 is 0 Å². The first kappa shape index (κ1) is 51.0. The number of carbonyl (C=O) groups is 1. The van der Waals surface area contributed by atoms with Crippen LogP contribution in [0.1, 0.15) is 174 Å². The van der Waals surface area contributed by atoms with E-state index in [0.29, 0.717) is 18.0 Å². The van der Waals surface area contributed by atoms with Crippen molar-refractivity contribution in [3.8, 4) is 0 Å². The van der Waals surface area contributed by atoms with Crippen molar-refractivity contribution in [3.63, 3.8) is 0 Å². The second-order valence-electron chi connectivity index (χ2n) is 12.2. The number of rotatable bonds is 28. The molecule has 1 aromatic carbocycles. The summed E-state index contributed by atoms with van der Waals surface area (Å²) in [4.78, 5) is 8.78. The van der Waals surface area contributed by atoms with E-state index in [1.54, 1.807) is 16.4 Å². The Hall–Kier alpha value is 1.67. The van der Waals surface area contributed by atoms with Crippen LogP contribution in [0.5, 0.6) is 0 Å². The number of hydrogen-bond acceptors (Lipinski definition) is 5. The van der Waals surface area contributed by atoms with Gasteiger partial charge in [0.2, 0.25) is 10.0 Å². The molecule has 0 aliphatic rings. The minimum Gasteiger partial charge on any atom is -0.652 e. The summed E-state index contributed by atoms with van der Waals surface area (Å²) >= 11 is 0. The van der Waals surface area contributed by atoms with Gasteiger partial charge in [0.05, 0.1) is 4.90 Å². The molecule has 45 heavy (non-hydrogen) atoms. The van der Waals surface area contributed by atoms with Gasteiger partial charge in [-0.25, -0.2) is 8.42 Å². The van der Waals surface area contributed by atoms with E-state index in [2.05, 4.69) is 13.8 Å². The van der Waals surface area contributed by atoms with Crippen LogP contribution in [0.3, 0.4) is 0 Å². The van der Waals surface area contributed by atoms with Gasteiger partial charge in [0.15, 0.2) is 0 Å². The smallest absolute Gasteiger partial charge is 0.652 e. The summed E-state index contributed by atoms with van der Waals surface area (Å²) in [6.07, 6.45) is 28.9. The Morgan fingerprint density at radius 3 is 1.04 bits per heavy atom. The van der Waals surface area contributed by atoms with Gasteiger partial charge in [-0.15, -0.1) is 0 Å². The Labute approximate surface area is 364 Å². The van der Waals surface area contributed by atoms with Gasteiger partial charge in [-0.3, -0.25) is 0 Å². The maximum absolute atomic E-state index is 13.4. The monoisotopic (exact) mass is 701 g/mol. The van der Waals surface area contributed by atoms with Gasteiger partial charge in [0.25, 0.3) is 0 Å². The SMILES string of the molecule is CCCCCCCCCCCCCCN(CCCCCCCCCCCCCC)S(=O)(=O)c1ccc(C)cc1.O=C([O-])[O-].[K+].[K+]. The van der Waals surface area contributed by atoms with E-state index in [4.69, 9.17) is 15.0 Å². The number of carboxylic acid groups (broad SMARTS) is 2. The first-order chi connectivity index (χ1) is 20.8. The van der Waals surface area contributed by atoms with Crippen LogP contribution in [0.15, 0.2) is 29.2 Å². The quantitative estimate of drug-likeness (QED) is 0.0989. The third kappa shape index (κ3) is 32.6. The van der Waals surface area contributed by atoms with Crippen LogP contribution < -0.4 is 113 Å². The Morgan fingerprint density at radius 2 is 0.778 bits per heavy atom. The third-order valence-electron chi connectivity index (χ3n) is 8.18. The van der Waals surface area contributed by atoms with Crippen molar-refractivity contribution in [1.82, 2.24) is 4.31 Å². The molecule has 0 aliphatic heterocycles. The summed E-state index contributed by atoms with van der Waals surface area (Å²) in [5.74, 6) is 0. The largest absolute Gasteiger partial charge is 1.00 e. The van der Waals surface area contributed by atoms with Gasteiger partial charge >= 0.3 is 103 Å². The van der Waals surface area contributed by atoms with Crippen molar-refractivity contribution in [2.45, 2.75) is 180 Å². The fourth-order valence-corrected chi connectivity index (χ4v) is 6.99. The van der Waals surface area contributed by atoms with E-state index >= 15 is 0 Å². The molecule has 0 amide bonds. The number of sulfonamides is 1. The molecule has 0 saturated carbocycles. The number of unbranched alkanes of at least 4 members (excludes halogenated alkanes) is 22. The zero-order valence-electron chi connectivity index (χ0n) is 30.1. The van der Waals surface area contributed by atoms with Crippen molar-refractivity contribution < 1.29 is 126 Å². The number of benzene rings is 1. The molecule has 0 fully saturated rings. The minimum absolute atomic E-state index is 0. The van der Waals surface area contributed by atoms with E-state index in [9.17, 15) is 8.42 Å². The van der Waals surface area contributed by atoms with E-state index in [-0.39, 0.29) is 103 Å². The van der Waals surface area contributed by atoms with Crippen LogP contribution in [0.4, 0.5) is 4.79 Å². The normalized spacial score (nSPS) is 10.9. The van der Waals surface area contributed by atoms with Crippen molar-refractivity contribution in [2.24, 2.45) is 0 Å². The molecule has 0 radical (unpaired) electrons. The fraction of sp³-hybridized carbons (Fsp3) is 0.806. The van der Waals surface area contributed by atoms with Crippen LogP contribution in [0.2, 0.25) is 0 Å². The van der Waals surface area contributed by atoms with Crippen LogP contribution in [-0.4, -0.2) is 32.0 Å². The van der Waals surface area contributed by atoms with Gasteiger partial charge in [-0.05, 0) is 38.1 Å². The molecule has 9 heteroatoms. The standard InChI is InChI=1S/C35H65NO2S.CH2O3.2K/c1-4-6-8-10-12-14-16-18-20-22-24-26-32-36(39(37,38)35-30-28-34(3)29-31-35)33-27-25-23-21-19-17-15-13-11-9-7-5-2;2-1(3)4;;/h28-31H,4-27,32-33H2,1-3H3;(H2,2,3,4);;/q;;2*+1/p-2. The average Bonchev–Trinajstić information content (AvgIpc) is 2.97. The maximum atomic E-state index is 13.4. The summed E-state index contributed by atoms with van der Waals surface area (Å²) in [5.41, 5.74) is 1.10. The molecule has 0 atom stereocenters. The van der Waals surface area contributed by atoms with E-state index in [1.165, 1.54) is 128 Å². The van der Waals surface area contributed by atoms with Gasteiger partial charge in [0.1, 0.15) is 0 Å². The molecule has 0 bridgehead atoms. The molecule has 0 aliphatic carbocycles. The van der Waals surface area contributed by atoms with Gasteiger partial charge < -0.3 is 15.0 Å². The molecule has 0 heterocycles. The third-order valence-corrected chi connectivity index (χ3v) is 10.1. The number of nitrogens with zero attached hydrogens (tertiary/aromatic N) is 1. The predicted molar refractivity (Wildman–Crippen MR) is 177 cm³/mol. The molecule has 252 valence electrons. The van der Waals surface area contributed by atoms with Crippen molar-refractivity contribution in [1.29, 1.82) is 0 Å². The maximum Gasteiger partial charge on any atom is 1.00 e. The zero-order valence-corrected chi connectivity index (χ0v) is 37.2. The average molecular weight is 702 g/mol. The first-order valence-corrected chi connectivity index (χ1v) is 19.1. The zero-order chi connectivity index (χ0) is 32.0. The van der Waals surface area contributed by atoms with Gasteiger partial charge in [0, 0.05) is 13.1 Å². The Morgan fingerprint density at radius 1 is 0.533 bits per heavy atom. The Kier molecular flexibility index (Phi) is 41.9. The van der Waals surface area contributed by atoms with E-state index < -0.39 is 16.2 Å².